The summed E-state index contributed by atoms with van der Waals surface area (Å²) in [5.74, 6) is 0.116. The molecule has 0 unspecified atom stereocenters. The number of nitrogens with one attached hydrogen (secondary N) is 1. The highest BCUT2D eigenvalue weighted by molar-refractivity contribution is 6.12. The van der Waals surface area contributed by atoms with Gasteiger partial charge in [0.25, 0.3) is 0 Å². The molecule has 0 aliphatic heterocycles. The number of nitrogens with zero attached hydrogens (tertiary/aromatic N) is 2. The largest absolute Gasteiger partial charge is 0.496 e. The average molecular weight is 339 g/mol. The van der Waals surface area contributed by atoms with Crippen LogP contribution in [0.25, 0.3) is 10.9 Å². The molecule has 128 valence electrons. The minimum absolute atomic E-state index is 0.202. The van der Waals surface area contributed by atoms with Gasteiger partial charge in [0.15, 0.2) is 5.78 Å². The van der Waals surface area contributed by atoms with E-state index in [2.05, 4.69) is 15.3 Å². The van der Waals surface area contributed by atoms with Gasteiger partial charge in [-0.15, -0.1) is 0 Å². The van der Waals surface area contributed by atoms with Gasteiger partial charge in [0.05, 0.1) is 18.2 Å². The molecule has 3 rings (SSSR count). The Bertz CT molecular complexity index is 941. The molecule has 0 fully saturated rings. The lowest BCUT2D eigenvalue weighted by molar-refractivity contribution is 0.103. The summed E-state index contributed by atoms with van der Waals surface area (Å²) in [5, 5.41) is 3.84. The Hall–Kier alpha value is -3.02. The lowest BCUT2D eigenvalue weighted by Crippen LogP contribution is -2.12. The van der Waals surface area contributed by atoms with Gasteiger partial charge < -0.3 is 10.1 Å². The number of aromatic nitrogens is 2. The molecule has 0 aliphatic carbocycles. The zero-order chi connectivity index (χ0) is 18.0. The molecule has 0 atom stereocenters. The normalized spacial score (nSPS) is 10.9. The minimum Gasteiger partial charge on any atom is -0.496 e. The van der Waals surface area contributed by atoms with Gasteiger partial charge >= 0.3 is 0 Å². The number of hydrogen-bond donors (Lipinski definition) is 1. The predicted octanol–water partition coefficient (Wildman–Crippen LogP) is 3.83. The number of anilines is 1. The van der Waals surface area contributed by atoms with Gasteiger partial charge in [0.1, 0.15) is 11.6 Å². The second-order valence-corrected chi connectivity index (χ2v) is 5.94. The van der Waals surface area contributed by atoms with Crippen LogP contribution in [0.5, 0.6) is 5.75 Å². The SMILES string of the molecule is COc1cc2nc(NC(C)C)ncc2cc1C(=O)c1cccc(F)c1. The van der Waals surface area contributed by atoms with E-state index in [9.17, 15) is 9.18 Å². The Morgan fingerprint density at radius 3 is 2.72 bits per heavy atom. The van der Waals surface area contributed by atoms with E-state index in [1.807, 2.05) is 13.8 Å². The van der Waals surface area contributed by atoms with Crippen LogP contribution in [-0.4, -0.2) is 28.9 Å². The summed E-state index contributed by atoms with van der Waals surface area (Å²) in [6.45, 7) is 3.99. The van der Waals surface area contributed by atoms with Crippen LogP contribution >= 0.6 is 0 Å². The van der Waals surface area contributed by atoms with Crippen molar-refractivity contribution in [1.29, 1.82) is 0 Å². The molecule has 25 heavy (non-hydrogen) atoms. The smallest absolute Gasteiger partial charge is 0.223 e. The summed E-state index contributed by atoms with van der Waals surface area (Å²) in [5.41, 5.74) is 1.26. The molecular formula is C19H18FN3O2. The van der Waals surface area contributed by atoms with Crippen LogP contribution in [0.2, 0.25) is 0 Å². The zero-order valence-corrected chi connectivity index (χ0v) is 14.2. The molecule has 0 saturated heterocycles. The monoisotopic (exact) mass is 339 g/mol. The third-order valence-corrected chi connectivity index (χ3v) is 3.65. The van der Waals surface area contributed by atoms with E-state index in [0.29, 0.717) is 28.2 Å². The molecule has 0 aliphatic rings. The van der Waals surface area contributed by atoms with Crippen LogP contribution in [0.3, 0.4) is 0 Å². The van der Waals surface area contributed by atoms with Gasteiger partial charge in [0.2, 0.25) is 5.95 Å². The Balaban J connectivity index is 2.07. The Morgan fingerprint density at radius 1 is 1.24 bits per heavy atom. The summed E-state index contributed by atoms with van der Waals surface area (Å²) in [7, 11) is 1.48. The topological polar surface area (TPSA) is 64.1 Å². The summed E-state index contributed by atoms with van der Waals surface area (Å²) >= 11 is 0. The molecule has 3 aromatic rings. The summed E-state index contributed by atoms with van der Waals surface area (Å²) < 4.78 is 18.8. The Labute approximate surface area is 144 Å². The van der Waals surface area contributed by atoms with Crippen molar-refractivity contribution in [2.24, 2.45) is 0 Å². The lowest BCUT2D eigenvalue weighted by Gasteiger charge is -2.11. The summed E-state index contributed by atoms with van der Waals surface area (Å²) in [6.07, 6.45) is 1.65. The second-order valence-electron chi connectivity index (χ2n) is 5.94. The molecule has 0 bridgehead atoms. The van der Waals surface area contributed by atoms with Crippen LogP contribution in [0.15, 0.2) is 42.6 Å². The fraction of sp³-hybridized carbons (Fsp3) is 0.211. The van der Waals surface area contributed by atoms with Crippen molar-refractivity contribution in [2.75, 3.05) is 12.4 Å². The van der Waals surface area contributed by atoms with Gasteiger partial charge in [-0.1, -0.05) is 12.1 Å². The van der Waals surface area contributed by atoms with Crippen molar-refractivity contribution >= 4 is 22.6 Å². The van der Waals surface area contributed by atoms with Crippen molar-refractivity contribution in [2.45, 2.75) is 19.9 Å². The molecule has 1 aromatic heterocycles. The molecule has 0 amide bonds. The molecule has 0 radical (unpaired) electrons. The van der Waals surface area contributed by atoms with Gasteiger partial charge in [-0.25, -0.2) is 14.4 Å². The van der Waals surface area contributed by atoms with E-state index in [0.717, 1.165) is 0 Å². The van der Waals surface area contributed by atoms with Crippen molar-refractivity contribution in [1.82, 2.24) is 9.97 Å². The molecule has 5 nitrogen and oxygen atoms in total. The minimum atomic E-state index is -0.460. The van der Waals surface area contributed by atoms with Crippen LogP contribution in [0.1, 0.15) is 29.8 Å². The van der Waals surface area contributed by atoms with E-state index >= 15 is 0 Å². The quantitative estimate of drug-likeness (QED) is 0.716. The first-order valence-electron chi connectivity index (χ1n) is 7.89. The third-order valence-electron chi connectivity index (χ3n) is 3.65. The predicted molar refractivity (Wildman–Crippen MR) is 94.7 cm³/mol. The lowest BCUT2D eigenvalue weighted by atomic mass is 10.0. The van der Waals surface area contributed by atoms with E-state index in [-0.39, 0.29) is 17.4 Å². The van der Waals surface area contributed by atoms with E-state index in [1.54, 1.807) is 24.4 Å². The van der Waals surface area contributed by atoms with Crippen molar-refractivity contribution in [3.63, 3.8) is 0 Å². The summed E-state index contributed by atoms with van der Waals surface area (Å²) in [6, 6.07) is 9.14. The number of ether oxygens (including phenoxy) is 1. The maximum Gasteiger partial charge on any atom is 0.223 e. The first-order chi connectivity index (χ1) is 12.0. The highest BCUT2D eigenvalue weighted by Gasteiger charge is 2.17. The van der Waals surface area contributed by atoms with Gasteiger partial charge in [0, 0.05) is 29.3 Å². The van der Waals surface area contributed by atoms with Gasteiger partial charge in [-0.05, 0) is 32.0 Å². The number of fused-ring (bicyclic) bond motifs is 1. The Morgan fingerprint density at radius 2 is 2.04 bits per heavy atom. The highest BCUT2D eigenvalue weighted by Crippen LogP contribution is 2.27. The third kappa shape index (κ3) is 3.57. The summed E-state index contributed by atoms with van der Waals surface area (Å²) in [4.78, 5) is 21.4. The first-order valence-corrected chi connectivity index (χ1v) is 7.89. The number of benzene rings is 2. The van der Waals surface area contributed by atoms with Crippen LogP contribution < -0.4 is 10.1 Å². The molecule has 2 aromatic carbocycles. The highest BCUT2D eigenvalue weighted by atomic mass is 19.1. The first kappa shape index (κ1) is 16.8. The molecule has 1 N–H and O–H groups in total. The van der Waals surface area contributed by atoms with E-state index < -0.39 is 5.82 Å². The molecule has 6 heteroatoms. The molecule has 0 spiro atoms. The van der Waals surface area contributed by atoms with Crippen LogP contribution in [0, 0.1) is 5.82 Å². The number of hydrogen-bond acceptors (Lipinski definition) is 5. The van der Waals surface area contributed by atoms with Gasteiger partial charge in [-0.3, -0.25) is 4.79 Å². The van der Waals surface area contributed by atoms with Gasteiger partial charge in [-0.2, -0.15) is 0 Å². The molecule has 0 saturated carbocycles. The molecular weight excluding hydrogens is 321 g/mol. The maximum atomic E-state index is 13.4. The fourth-order valence-electron chi connectivity index (χ4n) is 2.52. The van der Waals surface area contributed by atoms with E-state index in [1.165, 1.54) is 25.3 Å². The number of rotatable bonds is 5. The average Bonchev–Trinajstić information content (AvgIpc) is 2.59. The van der Waals surface area contributed by atoms with Crippen molar-refractivity contribution < 1.29 is 13.9 Å². The molecule has 1 heterocycles. The fourth-order valence-corrected chi connectivity index (χ4v) is 2.52. The van der Waals surface area contributed by atoms with E-state index in [4.69, 9.17) is 4.74 Å². The van der Waals surface area contributed by atoms with Crippen LogP contribution in [0.4, 0.5) is 10.3 Å². The standard InChI is InChI=1S/C19H18FN3O2/c1-11(2)22-19-21-10-13-8-15(17(25-3)9-16(13)23-19)18(24)12-5-4-6-14(20)7-12/h4-11H,1-3H3,(H,21,22,23). The van der Waals surface area contributed by atoms with Crippen molar-refractivity contribution in [3.8, 4) is 5.75 Å². The Kier molecular flexibility index (Phi) is 4.61. The number of methoxy groups -OCH3 is 1. The number of halogens is 1. The number of ketones is 1. The number of carbonyl (C=O) groups is 1. The zero-order valence-electron chi connectivity index (χ0n) is 14.2. The maximum absolute atomic E-state index is 13.4. The number of carbonyl (C=O) groups excluding carboxylic acids is 1. The second kappa shape index (κ2) is 6.84. The van der Waals surface area contributed by atoms with Crippen molar-refractivity contribution in [3.05, 3.63) is 59.5 Å². The van der Waals surface area contributed by atoms with Crippen LogP contribution in [-0.2, 0) is 0 Å².